The quantitative estimate of drug-likeness (QED) is 0.538. The number of rotatable bonds is 3. The molecule has 0 bridgehead atoms. The Balaban J connectivity index is 2.37. The van der Waals surface area contributed by atoms with E-state index in [1.165, 1.54) is 0 Å². The summed E-state index contributed by atoms with van der Waals surface area (Å²) in [5, 5.41) is 27.9. The molecule has 0 radical (unpaired) electrons. The molecule has 8 heteroatoms. The van der Waals surface area contributed by atoms with Crippen molar-refractivity contribution in [2.45, 2.75) is 105 Å². The van der Waals surface area contributed by atoms with Gasteiger partial charge in [0.2, 0.25) is 5.91 Å². The first-order valence-corrected chi connectivity index (χ1v) is 14.0. The average molecular weight is 523 g/mol. The van der Waals surface area contributed by atoms with Crippen molar-refractivity contribution < 1.29 is 24.5 Å². The first-order valence-electron chi connectivity index (χ1n) is 13.1. The van der Waals surface area contributed by atoms with Crippen LogP contribution in [0.1, 0.15) is 84.3 Å². The zero-order chi connectivity index (χ0) is 27.2. The lowest BCUT2D eigenvalue weighted by Gasteiger charge is -2.35. The molecular weight excluding hydrogens is 476 g/mol. The van der Waals surface area contributed by atoms with E-state index in [0.717, 1.165) is 35.5 Å². The molecule has 2 rings (SSSR count). The van der Waals surface area contributed by atoms with Gasteiger partial charge in [-0.3, -0.25) is 9.59 Å². The van der Waals surface area contributed by atoms with E-state index in [1.54, 1.807) is 39.2 Å². The van der Waals surface area contributed by atoms with Gasteiger partial charge < -0.3 is 20.3 Å². The number of thiazole rings is 1. The number of carbonyl (C=O) groups is 2. The number of ether oxygens (including phenoxy) is 1. The van der Waals surface area contributed by atoms with Crippen LogP contribution < -0.4 is 5.32 Å². The molecule has 2 heterocycles. The molecule has 204 valence electrons. The summed E-state index contributed by atoms with van der Waals surface area (Å²) in [7, 11) is 1.70. The number of nitrogens with one attached hydrogen (secondary N) is 1. The Morgan fingerprint density at radius 3 is 2.42 bits per heavy atom. The predicted molar refractivity (Wildman–Crippen MR) is 145 cm³/mol. The molecule has 1 amide bonds. The second-order valence-corrected chi connectivity index (χ2v) is 12.3. The summed E-state index contributed by atoms with van der Waals surface area (Å²) < 4.78 is 5.88. The lowest BCUT2D eigenvalue weighted by molar-refractivity contribution is -0.143. The normalized spacial score (nSPS) is 33.8. The van der Waals surface area contributed by atoms with Crippen LogP contribution in [0.15, 0.2) is 11.0 Å². The number of aromatic nitrogens is 1. The van der Waals surface area contributed by atoms with Gasteiger partial charge in [-0.25, -0.2) is 4.98 Å². The van der Waals surface area contributed by atoms with Crippen molar-refractivity contribution >= 4 is 29.1 Å². The van der Waals surface area contributed by atoms with Crippen LogP contribution in [-0.4, -0.2) is 58.4 Å². The van der Waals surface area contributed by atoms with Crippen molar-refractivity contribution in [2.24, 2.45) is 23.2 Å². The molecule has 1 aromatic rings. The maximum absolute atomic E-state index is 13.3. The first kappa shape index (κ1) is 30.6. The molecule has 0 spiro atoms. The fourth-order valence-electron chi connectivity index (χ4n) is 5.13. The summed E-state index contributed by atoms with van der Waals surface area (Å²) in [6.45, 7) is 13.1. The number of hydrogen-bond acceptors (Lipinski definition) is 7. The maximum Gasteiger partial charge on any atom is 0.223 e. The summed E-state index contributed by atoms with van der Waals surface area (Å²) in [5.41, 5.74) is 0.641. The van der Waals surface area contributed by atoms with Gasteiger partial charge in [-0.15, -0.1) is 11.3 Å². The summed E-state index contributed by atoms with van der Waals surface area (Å²) in [6, 6.07) is -0.300. The van der Waals surface area contributed by atoms with Crippen molar-refractivity contribution in [1.29, 1.82) is 0 Å². The van der Waals surface area contributed by atoms with Gasteiger partial charge in [-0.1, -0.05) is 41.0 Å². The van der Waals surface area contributed by atoms with Crippen LogP contribution in [0.3, 0.4) is 0 Å². The van der Waals surface area contributed by atoms with Gasteiger partial charge in [0.05, 0.1) is 46.9 Å². The average Bonchev–Trinajstić information content (AvgIpc) is 3.23. The van der Waals surface area contributed by atoms with Gasteiger partial charge in [-0.2, -0.15) is 0 Å². The van der Waals surface area contributed by atoms with E-state index in [2.05, 4.69) is 17.2 Å². The minimum atomic E-state index is -1.17. The van der Waals surface area contributed by atoms with E-state index in [-0.39, 0.29) is 42.1 Å². The molecule has 1 saturated heterocycles. The number of ketones is 1. The Labute approximate surface area is 220 Å². The number of methoxy groups -OCH3 is 1. The number of aliphatic hydroxyl groups is 2. The van der Waals surface area contributed by atoms with E-state index in [1.807, 2.05) is 32.2 Å². The van der Waals surface area contributed by atoms with Crippen LogP contribution >= 0.6 is 11.3 Å². The predicted octanol–water partition coefficient (Wildman–Crippen LogP) is 4.54. The van der Waals surface area contributed by atoms with Crippen LogP contribution in [0.25, 0.3) is 6.08 Å². The van der Waals surface area contributed by atoms with Crippen LogP contribution in [0, 0.1) is 30.1 Å². The summed E-state index contributed by atoms with van der Waals surface area (Å²) in [4.78, 5) is 30.9. The van der Waals surface area contributed by atoms with E-state index in [4.69, 9.17) is 4.74 Å². The van der Waals surface area contributed by atoms with Crippen LogP contribution in [0.2, 0.25) is 0 Å². The molecule has 0 saturated carbocycles. The molecule has 1 fully saturated rings. The molecule has 3 N–H and O–H groups in total. The van der Waals surface area contributed by atoms with Crippen LogP contribution in [-0.2, 0) is 14.3 Å². The lowest BCUT2D eigenvalue weighted by atomic mass is 9.72. The lowest BCUT2D eigenvalue weighted by Crippen LogP contribution is -2.47. The van der Waals surface area contributed by atoms with Crippen molar-refractivity contribution in [2.75, 3.05) is 7.11 Å². The maximum atomic E-state index is 13.3. The van der Waals surface area contributed by atoms with Crippen LogP contribution in [0.4, 0.5) is 0 Å². The standard InChI is InChI=1S/C28H46N2O5S/c1-16-10-9-11-17(2)26(33)19(4)27(34)28(6,7)24(31)14-25(32)30-22(13-23(16)35-8)18(3)12-21-15-36-20(5)29-21/h12,15-17,19,22-24,26,31,33H,9-11,13-14H2,1-8H3,(H,30,32)/b18-12+/t16-,17-,19+,22-,23-,24-,26-/m0/s1. The van der Waals surface area contributed by atoms with E-state index in [9.17, 15) is 19.8 Å². The molecule has 36 heavy (non-hydrogen) atoms. The summed E-state index contributed by atoms with van der Waals surface area (Å²) >= 11 is 1.58. The van der Waals surface area contributed by atoms with Gasteiger partial charge >= 0.3 is 0 Å². The van der Waals surface area contributed by atoms with Gasteiger partial charge in [0.15, 0.2) is 0 Å². The molecule has 0 unspecified atom stereocenters. The van der Waals surface area contributed by atoms with E-state index in [0.29, 0.717) is 6.42 Å². The van der Waals surface area contributed by atoms with Gasteiger partial charge in [0, 0.05) is 18.4 Å². The Morgan fingerprint density at radius 2 is 1.83 bits per heavy atom. The molecule has 0 aliphatic carbocycles. The minimum Gasteiger partial charge on any atom is -0.392 e. The smallest absolute Gasteiger partial charge is 0.223 e. The highest BCUT2D eigenvalue weighted by molar-refractivity contribution is 7.09. The van der Waals surface area contributed by atoms with E-state index < -0.39 is 23.5 Å². The fourth-order valence-corrected chi connectivity index (χ4v) is 5.70. The van der Waals surface area contributed by atoms with E-state index >= 15 is 0 Å². The first-order chi connectivity index (χ1) is 16.8. The van der Waals surface area contributed by atoms with Crippen molar-refractivity contribution in [3.63, 3.8) is 0 Å². The molecule has 0 aromatic carbocycles. The Bertz CT molecular complexity index is 912. The Kier molecular flexibility index (Phi) is 11.3. The monoisotopic (exact) mass is 522 g/mol. The summed E-state index contributed by atoms with van der Waals surface area (Å²) in [6.07, 6.45) is 2.92. The highest BCUT2D eigenvalue weighted by Crippen LogP contribution is 2.32. The van der Waals surface area contributed by atoms with Gasteiger partial charge in [0.1, 0.15) is 5.78 Å². The third-order valence-corrected chi connectivity index (χ3v) is 8.77. The highest BCUT2D eigenvalue weighted by atomic mass is 32.1. The Morgan fingerprint density at radius 1 is 1.19 bits per heavy atom. The third kappa shape index (κ3) is 7.94. The number of Topliss-reactive ketones (excluding diaryl/α,β-unsaturated/α-hetero) is 1. The van der Waals surface area contributed by atoms with Crippen molar-refractivity contribution in [1.82, 2.24) is 10.3 Å². The number of amides is 1. The van der Waals surface area contributed by atoms with Crippen molar-refractivity contribution in [3.05, 3.63) is 21.7 Å². The minimum absolute atomic E-state index is 0.0548. The van der Waals surface area contributed by atoms with Crippen molar-refractivity contribution in [3.8, 4) is 0 Å². The number of nitrogens with zero attached hydrogens (tertiary/aromatic N) is 1. The highest BCUT2D eigenvalue weighted by Gasteiger charge is 2.42. The second kappa shape index (κ2) is 13.3. The summed E-state index contributed by atoms with van der Waals surface area (Å²) in [5.74, 6) is -1.00. The van der Waals surface area contributed by atoms with Gasteiger partial charge in [0.25, 0.3) is 0 Å². The molecular formula is C28H46N2O5S. The fraction of sp³-hybridized carbons (Fsp3) is 0.750. The van der Waals surface area contributed by atoms with Gasteiger partial charge in [-0.05, 0) is 56.6 Å². The third-order valence-electron chi connectivity index (χ3n) is 7.98. The number of aryl methyl sites for hydroxylation is 1. The topological polar surface area (TPSA) is 109 Å². The second-order valence-electron chi connectivity index (χ2n) is 11.3. The molecule has 1 aromatic heterocycles. The largest absolute Gasteiger partial charge is 0.392 e. The number of aliphatic hydroxyl groups excluding tert-OH is 2. The molecule has 1 aliphatic heterocycles. The molecule has 1 aliphatic rings. The van der Waals surface area contributed by atoms with Crippen LogP contribution in [0.5, 0.6) is 0 Å². The Hall–Kier alpha value is -1.61. The zero-order valence-corrected chi connectivity index (χ0v) is 24.0. The zero-order valence-electron chi connectivity index (χ0n) is 23.2. The SMILES string of the molecule is CO[C@H]1C[C@@H](/C(C)=C/c2csc(C)n2)NC(=O)C[C@H](O)C(C)(C)C(=O)[C@H](C)[C@@H](O)[C@@H](C)CCC[C@@H]1C. The number of hydrogen-bond donors (Lipinski definition) is 3. The molecule has 7 atom stereocenters. The molecule has 7 nitrogen and oxygen atoms in total. The number of carbonyl (C=O) groups excluding carboxylic acids is 2.